The number of benzene rings is 1. The van der Waals surface area contributed by atoms with Crippen molar-refractivity contribution in [3.05, 3.63) is 24.3 Å². The maximum Gasteiger partial charge on any atom is 0.119 e. The molecule has 1 N–H and O–H groups in total. The van der Waals surface area contributed by atoms with Gasteiger partial charge in [0, 0.05) is 25.3 Å². The molecule has 5 heteroatoms. The van der Waals surface area contributed by atoms with Crippen molar-refractivity contribution in [2.75, 3.05) is 45.3 Å². The Kier molecular flexibility index (Phi) is 4.92. The second kappa shape index (κ2) is 6.68. The van der Waals surface area contributed by atoms with Crippen LogP contribution in [-0.4, -0.2) is 49.8 Å². The molecule has 0 saturated carbocycles. The number of morpholine rings is 1. The third-order valence-corrected chi connectivity index (χ3v) is 3.08. The van der Waals surface area contributed by atoms with Crippen LogP contribution in [-0.2, 0) is 4.74 Å². The fourth-order valence-corrected chi connectivity index (χ4v) is 2.14. The lowest BCUT2D eigenvalue weighted by molar-refractivity contribution is 0.0455. The number of hydrogen-bond donors (Lipinski definition) is 1. The SMILES string of the molecule is COc1ccc(NC(=S)CN2CCOCC2)cc1. The fourth-order valence-electron chi connectivity index (χ4n) is 1.84. The number of nitrogens with one attached hydrogen (secondary N) is 1. The molecule has 2 rings (SSSR count). The van der Waals surface area contributed by atoms with Crippen LogP contribution in [0.1, 0.15) is 0 Å². The average Bonchev–Trinajstić information content (AvgIpc) is 2.40. The van der Waals surface area contributed by atoms with Crippen molar-refractivity contribution in [3.63, 3.8) is 0 Å². The molecule has 0 unspecified atom stereocenters. The van der Waals surface area contributed by atoms with Crippen molar-refractivity contribution in [1.29, 1.82) is 0 Å². The van der Waals surface area contributed by atoms with Gasteiger partial charge in [0.2, 0.25) is 0 Å². The van der Waals surface area contributed by atoms with E-state index < -0.39 is 0 Å². The molecule has 1 fully saturated rings. The molecule has 1 aromatic carbocycles. The van der Waals surface area contributed by atoms with Crippen LogP contribution in [0.2, 0.25) is 0 Å². The lowest BCUT2D eigenvalue weighted by Gasteiger charge is -2.26. The minimum Gasteiger partial charge on any atom is -0.497 e. The number of nitrogens with zero attached hydrogens (tertiary/aromatic N) is 1. The number of methoxy groups -OCH3 is 1. The Morgan fingerprint density at radius 3 is 2.61 bits per heavy atom. The van der Waals surface area contributed by atoms with Gasteiger partial charge in [-0.2, -0.15) is 0 Å². The van der Waals surface area contributed by atoms with Crippen LogP contribution in [0.4, 0.5) is 5.69 Å². The summed E-state index contributed by atoms with van der Waals surface area (Å²) in [7, 11) is 1.66. The Labute approximate surface area is 113 Å². The predicted octanol–water partition coefficient (Wildman–Crippen LogP) is 1.77. The van der Waals surface area contributed by atoms with Crippen LogP contribution in [0.15, 0.2) is 24.3 Å². The van der Waals surface area contributed by atoms with E-state index in [-0.39, 0.29) is 0 Å². The monoisotopic (exact) mass is 266 g/mol. The summed E-state index contributed by atoms with van der Waals surface area (Å²) in [6.07, 6.45) is 0. The zero-order chi connectivity index (χ0) is 12.8. The van der Waals surface area contributed by atoms with E-state index in [2.05, 4.69) is 10.2 Å². The van der Waals surface area contributed by atoms with Gasteiger partial charge in [0.1, 0.15) is 5.75 Å². The van der Waals surface area contributed by atoms with Gasteiger partial charge in [-0.05, 0) is 24.3 Å². The van der Waals surface area contributed by atoms with Crippen molar-refractivity contribution < 1.29 is 9.47 Å². The molecule has 1 aliphatic heterocycles. The molecule has 1 aliphatic rings. The maximum absolute atomic E-state index is 5.35. The number of anilines is 1. The molecule has 0 aliphatic carbocycles. The highest BCUT2D eigenvalue weighted by atomic mass is 32.1. The fraction of sp³-hybridized carbons (Fsp3) is 0.462. The molecule has 18 heavy (non-hydrogen) atoms. The van der Waals surface area contributed by atoms with Gasteiger partial charge in [-0.15, -0.1) is 0 Å². The van der Waals surface area contributed by atoms with Crippen LogP contribution >= 0.6 is 12.2 Å². The molecule has 1 saturated heterocycles. The normalized spacial score (nSPS) is 16.3. The summed E-state index contributed by atoms with van der Waals surface area (Å²) in [6, 6.07) is 7.76. The van der Waals surface area contributed by atoms with Gasteiger partial charge in [-0.3, -0.25) is 4.90 Å². The summed E-state index contributed by atoms with van der Waals surface area (Å²) in [6.45, 7) is 4.27. The molecule has 1 heterocycles. The second-order valence-corrected chi connectivity index (χ2v) is 4.66. The molecule has 0 bridgehead atoms. The second-order valence-electron chi connectivity index (χ2n) is 4.17. The van der Waals surface area contributed by atoms with Gasteiger partial charge in [-0.1, -0.05) is 12.2 Å². The first kappa shape index (κ1) is 13.3. The average molecular weight is 266 g/mol. The zero-order valence-corrected chi connectivity index (χ0v) is 11.3. The van der Waals surface area contributed by atoms with E-state index in [1.54, 1.807) is 7.11 Å². The third kappa shape index (κ3) is 3.94. The summed E-state index contributed by atoms with van der Waals surface area (Å²) in [5.74, 6) is 0.847. The summed E-state index contributed by atoms with van der Waals surface area (Å²) >= 11 is 5.35. The van der Waals surface area contributed by atoms with Crippen molar-refractivity contribution in [1.82, 2.24) is 4.90 Å². The summed E-state index contributed by atoms with van der Waals surface area (Å²) < 4.78 is 10.4. The summed E-state index contributed by atoms with van der Waals surface area (Å²) in [4.78, 5) is 3.13. The minimum atomic E-state index is 0.782. The van der Waals surface area contributed by atoms with E-state index in [1.807, 2.05) is 24.3 Å². The molecule has 1 aromatic rings. The molecular weight excluding hydrogens is 248 g/mol. The molecule has 98 valence electrons. The predicted molar refractivity (Wildman–Crippen MR) is 76.5 cm³/mol. The first-order chi connectivity index (χ1) is 8.78. The quantitative estimate of drug-likeness (QED) is 0.840. The van der Waals surface area contributed by atoms with Crippen molar-refractivity contribution in [2.24, 2.45) is 0 Å². The lowest BCUT2D eigenvalue weighted by atomic mass is 10.3. The highest BCUT2D eigenvalue weighted by Gasteiger charge is 2.11. The van der Waals surface area contributed by atoms with Crippen molar-refractivity contribution >= 4 is 22.9 Å². The van der Waals surface area contributed by atoms with Gasteiger partial charge in [0.15, 0.2) is 0 Å². The first-order valence-corrected chi connectivity index (χ1v) is 6.43. The van der Waals surface area contributed by atoms with Gasteiger partial charge >= 0.3 is 0 Å². The smallest absolute Gasteiger partial charge is 0.119 e. The third-order valence-electron chi connectivity index (χ3n) is 2.84. The number of ether oxygens (including phenoxy) is 2. The van der Waals surface area contributed by atoms with E-state index in [1.165, 1.54) is 0 Å². The molecule has 0 radical (unpaired) electrons. The van der Waals surface area contributed by atoms with E-state index in [9.17, 15) is 0 Å². The first-order valence-electron chi connectivity index (χ1n) is 6.02. The number of rotatable bonds is 4. The van der Waals surface area contributed by atoms with Crippen LogP contribution in [0.25, 0.3) is 0 Å². The lowest BCUT2D eigenvalue weighted by Crippen LogP contribution is -2.40. The molecule has 0 atom stereocenters. The molecule has 0 amide bonds. The Morgan fingerprint density at radius 2 is 2.00 bits per heavy atom. The zero-order valence-electron chi connectivity index (χ0n) is 10.5. The van der Waals surface area contributed by atoms with Crippen molar-refractivity contribution in [3.8, 4) is 5.75 Å². The number of hydrogen-bond acceptors (Lipinski definition) is 4. The highest BCUT2D eigenvalue weighted by Crippen LogP contribution is 2.15. The Bertz CT molecular complexity index is 388. The van der Waals surface area contributed by atoms with Crippen LogP contribution in [0.5, 0.6) is 5.75 Å². The van der Waals surface area contributed by atoms with Gasteiger partial charge < -0.3 is 14.8 Å². The van der Waals surface area contributed by atoms with Gasteiger partial charge in [0.05, 0.1) is 25.3 Å². The van der Waals surface area contributed by atoms with Crippen LogP contribution in [0, 0.1) is 0 Å². The van der Waals surface area contributed by atoms with E-state index in [0.717, 1.165) is 49.3 Å². The van der Waals surface area contributed by atoms with Crippen molar-refractivity contribution in [2.45, 2.75) is 0 Å². The van der Waals surface area contributed by atoms with E-state index in [0.29, 0.717) is 0 Å². The largest absolute Gasteiger partial charge is 0.497 e. The molecule has 0 spiro atoms. The summed E-state index contributed by atoms with van der Waals surface area (Å²) in [5, 5.41) is 3.23. The Hall–Kier alpha value is -1.17. The van der Waals surface area contributed by atoms with Crippen LogP contribution < -0.4 is 10.1 Å². The molecule has 4 nitrogen and oxygen atoms in total. The van der Waals surface area contributed by atoms with E-state index >= 15 is 0 Å². The highest BCUT2D eigenvalue weighted by molar-refractivity contribution is 7.80. The Balaban J connectivity index is 1.82. The van der Waals surface area contributed by atoms with Gasteiger partial charge in [-0.25, -0.2) is 0 Å². The van der Waals surface area contributed by atoms with Gasteiger partial charge in [0.25, 0.3) is 0 Å². The Morgan fingerprint density at radius 1 is 1.33 bits per heavy atom. The summed E-state index contributed by atoms with van der Waals surface area (Å²) in [5.41, 5.74) is 0.994. The maximum atomic E-state index is 5.35. The topological polar surface area (TPSA) is 33.7 Å². The van der Waals surface area contributed by atoms with E-state index in [4.69, 9.17) is 21.7 Å². The molecular formula is C13H18N2O2S. The minimum absolute atomic E-state index is 0.782. The molecule has 0 aromatic heterocycles. The van der Waals surface area contributed by atoms with Crippen LogP contribution in [0.3, 0.4) is 0 Å². The standard InChI is InChI=1S/C13H18N2O2S/c1-16-12-4-2-11(3-5-12)14-13(18)10-15-6-8-17-9-7-15/h2-5H,6-10H2,1H3,(H,14,18). The number of thiocarbonyl (C=S) groups is 1.